The Bertz CT molecular complexity index is 2430. The molecule has 0 fully saturated rings. The van der Waals surface area contributed by atoms with Crippen LogP contribution in [0.2, 0.25) is 0 Å². The monoisotopic (exact) mass is 1040 g/mol. The van der Waals surface area contributed by atoms with E-state index in [1.165, 1.54) is 117 Å². The molecule has 0 amide bonds. The molecule has 0 unspecified atom stereocenters. The van der Waals surface area contributed by atoms with Crippen molar-refractivity contribution < 1.29 is 9.59 Å². The van der Waals surface area contributed by atoms with E-state index >= 15 is 0 Å². The Morgan fingerprint density at radius 2 is 0.494 bits per heavy atom. The van der Waals surface area contributed by atoms with Gasteiger partial charge in [-0.3, -0.25) is 9.59 Å². The van der Waals surface area contributed by atoms with Crippen LogP contribution in [0.25, 0.3) is 0 Å². The van der Waals surface area contributed by atoms with Crippen LogP contribution in [0.4, 0.5) is 0 Å². The molecule has 1 aromatic carbocycles. The zero-order valence-corrected chi connectivity index (χ0v) is 51.9. The van der Waals surface area contributed by atoms with Gasteiger partial charge in [-0.25, -0.2) is 0 Å². The van der Waals surface area contributed by atoms with Gasteiger partial charge in [0.25, 0.3) is 0 Å². The van der Waals surface area contributed by atoms with Crippen molar-refractivity contribution in [2.75, 3.05) is 0 Å². The first-order valence-corrected chi connectivity index (χ1v) is 30.2. The van der Waals surface area contributed by atoms with E-state index in [9.17, 15) is 9.59 Å². The van der Waals surface area contributed by atoms with E-state index in [2.05, 4.69) is 176 Å². The van der Waals surface area contributed by atoms with Crippen LogP contribution in [0.15, 0.2) is 187 Å². The number of carbonyl (C=O) groups excluding carboxylic acids is 2. The smallest absolute Gasteiger partial charge is 0.190 e. The predicted octanol–water partition coefficient (Wildman–Crippen LogP) is 24.1. The second-order valence-corrected chi connectivity index (χ2v) is 23.5. The minimum Gasteiger partial charge on any atom is -0.289 e. The second-order valence-electron chi connectivity index (χ2n) is 23.5. The number of rotatable bonds is 38. The topological polar surface area (TPSA) is 34.1 Å². The van der Waals surface area contributed by atoms with Gasteiger partial charge in [-0.15, -0.1) is 0 Å². The molecule has 0 spiro atoms. The van der Waals surface area contributed by atoms with E-state index in [0.717, 1.165) is 116 Å². The second kappa shape index (κ2) is 41.0. The van der Waals surface area contributed by atoms with Gasteiger partial charge in [0.2, 0.25) is 0 Å². The van der Waals surface area contributed by atoms with Crippen molar-refractivity contribution in [3.8, 4) is 0 Å². The highest BCUT2D eigenvalue weighted by Crippen LogP contribution is 2.25. The van der Waals surface area contributed by atoms with E-state index in [-0.39, 0.29) is 11.6 Å². The summed E-state index contributed by atoms with van der Waals surface area (Å²) in [6, 6.07) is 7.12. The maximum absolute atomic E-state index is 12.9. The van der Waals surface area contributed by atoms with Gasteiger partial charge in [-0.05, 0) is 264 Å². The van der Waals surface area contributed by atoms with Crippen LogP contribution in [0, 0.1) is 0 Å². The Morgan fingerprint density at radius 3 is 0.727 bits per heavy atom. The van der Waals surface area contributed by atoms with Crippen LogP contribution in [-0.2, 0) is 0 Å². The summed E-state index contributed by atoms with van der Waals surface area (Å²) < 4.78 is 0. The maximum Gasteiger partial charge on any atom is 0.190 e. The molecule has 0 saturated heterocycles. The van der Waals surface area contributed by atoms with E-state index in [1.807, 2.05) is 12.1 Å². The van der Waals surface area contributed by atoms with Gasteiger partial charge < -0.3 is 0 Å². The first-order chi connectivity index (χ1) is 36.8. The van der Waals surface area contributed by atoms with Gasteiger partial charge in [-0.2, -0.15) is 0 Å². The summed E-state index contributed by atoms with van der Waals surface area (Å²) in [5, 5.41) is 0. The molecule has 2 rings (SSSR count). The molecular weight excluding hydrogens is 933 g/mol. The fraction of sp³-hybridized carbons (Fsp3) is 0.520. The van der Waals surface area contributed by atoms with E-state index in [1.54, 1.807) is 12.1 Å². The molecule has 1 aliphatic carbocycles. The van der Waals surface area contributed by atoms with Crippen molar-refractivity contribution in [1.29, 1.82) is 0 Å². The third kappa shape index (κ3) is 34.4. The molecule has 0 atom stereocenters. The number of fused-ring (bicyclic) bond motifs is 1. The van der Waals surface area contributed by atoms with Crippen LogP contribution in [-0.4, -0.2) is 11.6 Å². The Morgan fingerprint density at radius 1 is 0.286 bits per heavy atom. The molecule has 2 nitrogen and oxygen atoms in total. The Balaban J connectivity index is 1.54. The Kier molecular flexibility index (Phi) is 36.3. The molecule has 1 aliphatic rings. The van der Waals surface area contributed by atoms with Gasteiger partial charge in [-0.1, -0.05) is 176 Å². The normalized spacial score (nSPS) is 15.4. The Hall–Kier alpha value is -5.08. The van der Waals surface area contributed by atoms with Crippen molar-refractivity contribution in [3.05, 3.63) is 198 Å². The summed E-state index contributed by atoms with van der Waals surface area (Å²) in [4.78, 5) is 25.3. The largest absolute Gasteiger partial charge is 0.289 e. The molecule has 0 aromatic heterocycles. The lowest BCUT2D eigenvalue weighted by atomic mass is 9.88. The molecule has 1 aromatic rings. The van der Waals surface area contributed by atoms with Gasteiger partial charge in [0.05, 0.1) is 0 Å². The number of allylic oxidation sites excluding steroid dienone is 28. The third-order valence-corrected chi connectivity index (χ3v) is 15.1. The lowest BCUT2D eigenvalue weighted by molar-refractivity contribution is 0.0983. The van der Waals surface area contributed by atoms with Crippen molar-refractivity contribution in [2.45, 2.75) is 257 Å². The molecule has 2 heteroatoms. The standard InChI is InChI=1S/C75H110O2/c1-58(2)29-17-30-59(3)31-18-32-60(4)33-19-34-61(5)35-20-36-62(6)37-21-38-63(7)39-22-40-64(8)41-23-42-65(9)43-24-44-66(10)45-25-46-67(11)47-26-48-68(12)49-27-50-69(13)51-28-52-70(14)55-56-71-57-74(76)72-53-15-16-54-73(72)75(71)77/h15-16,29,31,33,35,37,39,41,43,45,47,49,51,53-55,57H,17-28,30,32,34,36,38,40,42,44,46,48,50,52,56H2,1-14H3. The van der Waals surface area contributed by atoms with E-state index < -0.39 is 0 Å². The zero-order valence-electron chi connectivity index (χ0n) is 51.9. The van der Waals surface area contributed by atoms with Crippen molar-refractivity contribution in [2.24, 2.45) is 0 Å². The van der Waals surface area contributed by atoms with E-state index in [0.29, 0.717) is 23.1 Å². The van der Waals surface area contributed by atoms with Gasteiger partial charge in [0.15, 0.2) is 11.6 Å². The summed E-state index contributed by atoms with van der Waals surface area (Å²) >= 11 is 0. The molecule has 0 bridgehead atoms. The Labute approximate surface area is 474 Å². The summed E-state index contributed by atoms with van der Waals surface area (Å²) in [5.74, 6) is -0.0951. The third-order valence-electron chi connectivity index (χ3n) is 15.1. The summed E-state index contributed by atoms with van der Waals surface area (Å²) in [7, 11) is 0. The number of benzene rings is 1. The molecule has 422 valence electrons. The quantitative estimate of drug-likeness (QED) is 0.0619. The number of ketones is 2. The lowest BCUT2D eigenvalue weighted by Gasteiger charge is -2.14. The van der Waals surface area contributed by atoms with Crippen LogP contribution < -0.4 is 0 Å². The molecule has 77 heavy (non-hydrogen) atoms. The fourth-order valence-electron chi connectivity index (χ4n) is 9.63. The molecule has 0 heterocycles. The average Bonchev–Trinajstić information content (AvgIpc) is 3.37. The molecule has 0 radical (unpaired) electrons. The number of hydrogen-bond acceptors (Lipinski definition) is 2. The summed E-state index contributed by atoms with van der Waals surface area (Å²) in [6.07, 6.45) is 60.6. The highest BCUT2D eigenvalue weighted by Gasteiger charge is 2.24. The van der Waals surface area contributed by atoms with Crippen LogP contribution in [0.5, 0.6) is 0 Å². The van der Waals surface area contributed by atoms with Crippen LogP contribution in [0.1, 0.15) is 278 Å². The number of carbonyl (C=O) groups is 2. The van der Waals surface area contributed by atoms with Gasteiger partial charge in [0.1, 0.15) is 0 Å². The first-order valence-electron chi connectivity index (χ1n) is 30.2. The maximum atomic E-state index is 12.9. The minimum atomic E-state index is -0.0698. The average molecular weight is 1040 g/mol. The number of Topliss-reactive ketones (excluding diaryl/α,β-unsaturated/α-hetero) is 1. The first kappa shape index (κ1) is 68.0. The minimum absolute atomic E-state index is 0.0253. The molecular formula is C75H110O2. The lowest BCUT2D eigenvalue weighted by Crippen LogP contribution is -2.16. The van der Waals surface area contributed by atoms with Gasteiger partial charge >= 0.3 is 0 Å². The zero-order chi connectivity index (χ0) is 56.8. The molecule has 0 N–H and O–H groups in total. The summed E-state index contributed by atoms with van der Waals surface area (Å²) in [5.41, 5.74) is 20.9. The SMILES string of the molecule is CC(C)=CCCC(C)=CCCC(C)=CCCC(C)=CCCC(C)=CCCC(C)=CCCC(C)=CCCC(C)=CCCC(C)=CCCC(C)=CCCC(C)=CCCC(C)=CCCC(C)=CCC1=CC(=O)c2ccccc2C1=O. The van der Waals surface area contributed by atoms with Crippen LogP contribution in [0.3, 0.4) is 0 Å². The van der Waals surface area contributed by atoms with Gasteiger partial charge in [0, 0.05) is 16.7 Å². The highest BCUT2D eigenvalue weighted by molar-refractivity contribution is 6.24. The fourth-order valence-corrected chi connectivity index (χ4v) is 9.63. The molecule has 0 saturated carbocycles. The van der Waals surface area contributed by atoms with Crippen molar-refractivity contribution in [1.82, 2.24) is 0 Å². The summed E-state index contributed by atoms with van der Waals surface area (Å²) in [6.45, 7) is 31.7. The molecule has 0 aliphatic heterocycles. The van der Waals surface area contributed by atoms with Crippen LogP contribution >= 0.6 is 0 Å². The highest BCUT2D eigenvalue weighted by atomic mass is 16.1. The predicted molar refractivity (Wildman–Crippen MR) is 343 cm³/mol. The number of hydrogen-bond donors (Lipinski definition) is 0. The van der Waals surface area contributed by atoms with Crippen molar-refractivity contribution >= 4 is 11.6 Å². The van der Waals surface area contributed by atoms with Crippen molar-refractivity contribution in [3.63, 3.8) is 0 Å². The van der Waals surface area contributed by atoms with E-state index in [4.69, 9.17) is 0 Å².